The first kappa shape index (κ1) is 16.6. The number of halogens is 1. The quantitative estimate of drug-likeness (QED) is 0.823. The van der Waals surface area contributed by atoms with Gasteiger partial charge in [0.05, 0.1) is 10.7 Å². The monoisotopic (exact) mass is 308 g/mol. The number of nitrogens with one attached hydrogen (secondary N) is 1. The Hall–Kier alpha value is -0.730. The molecule has 1 aromatic carbocycles. The van der Waals surface area contributed by atoms with E-state index < -0.39 is 0 Å². The first-order chi connectivity index (χ1) is 9.92. The highest BCUT2D eigenvalue weighted by molar-refractivity contribution is 6.33. The van der Waals surface area contributed by atoms with Crippen LogP contribution in [0.1, 0.15) is 58.9 Å². The van der Waals surface area contributed by atoms with Crippen molar-refractivity contribution < 1.29 is 0 Å². The minimum absolute atomic E-state index is 0.115. The van der Waals surface area contributed by atoms with Crippen LogP contribution in [0.15, 0.2) is 18.2 Å². The smallest absolute Gasteiger partial charge is 0.0643 e. The Labute approximate surface area is 134 Å². The lowest BCUT2D eigenvalue weighted by Gasteiger charge is -2.33. The van der Waals surface area contributed by atoms with Crippen molar-refractivity contribution in [2.24, 2.45) is 0 Å². The van der Waals surface area contributed by atoms with Crippen molar-refractivity contribution in [2.75, 3.05) is 11.4 Å². The van der Waals surface area contributed by atoms with Crippen LogP contribution < -0.4 is 10.2 Å². The third kappa shape index (κ3) is 4.37. The summed E-state index contributed by atoms with van der Waals surface area (Å²) < 4.78 is 0. The Balaban J connectivity index is 2.27. The molecule has 1 aliphatic carbocycles. The molecule has 0 saturated heterocycles. The number of benzene rings is 1. The predicted octanol–water partition coefficient (Wildman–Crippen LogP) is 5.00. The van der Waals surface area contributed by atoms with E-state index in [2.05, 4.69) is 50.0 Å². The minimum atomic E-state index is 0.115. The molecular weight excluding hydrogens is 280 g/mol. The van der Waals surface area contributed by atoms with Crippen LogP contribution in [0, 0.1) is 0 Å². The zero-order chi connectivity index (χ0) is 15.5. The molecule has 1 N–H and O–H groups in total. The van der Waals surface area contributed by atoms with Gasteiger partial charge in [0.2, 0.25) is 0 Å². The van der Waals surface area contributed by atoms with E-state index in [0.717, 1.165) is 18.1 Å². The van der Waals surface area contributed by atoms with Crippen LogP contribution in [0.3, 0.4) is 0 Å². The van der Waals surface area contributed by atoms with Crippen molar-refractivity contribution in [1.29, 1.82) is 0 Å². The van der Waals surface area contributed by atoms with Crippen molar-refractivity contribution in [3.05, 3.63) is 28.8 Å². The topological polar surface area (TPSA) is 15.3 Å². The van der Waals surface area contributed by atoms with Crippen molar-refractivity contribution in [1.82, 2.24) is 5.32 Å². The normalized spacial score (nSPS) is 16.4. The van der Waals surface area contributed by atoms with Crippen molar-refractivity contribution in [3.63, 3.8) is 0 Å². The molecule has 2 nitrogen and oxygen atoms in total. The lowest BCUT2D eigenvalue weighted by molar-refractivity contribution is 0.424. The van der Waals surface area contributed by atoms with Gasteiger partial charge in [0.1, 0.15) is 0 Å². The van der Waals surface area contributed by atoms with E-state index in [1.807, 2.05) is 6.07 Å². The van der Waals surface area contributed by atoms with Crippen LogP contribution in [0.2, 0.25) is 5.02 Å². The van der Waals surface area contributed by atoms with Gasteiger partial charge in [-0.2, -0.15) is 0 Å². The third-order valence-corrected chi connectivity index (χ3v) is 4.58. The Morgan fingerprint density at radius 3 is 2.48 bits per heavy atom. The summed E-state index contributed by atoms with van der Waals surface area (Å²) >= 11 is 6.56. The van der Waals surface area contributed by atoms with Crippen molar-refractivity contribution in [2.45, 2.75) is 71.5 Å². The maximum Gasteiger partial charge on any atom is 0.0643 e. The molecule has 0 spiro atoms. The fourth-order valence-corrected chi connectivity index (χ4v) is 3.50. The van der Waals surface area contributed by atoms with Gasteiger partial charge in [-0.1, -0.05) is 36.6 Å². The molecule has 0 radical (unpaired) electrons. The second-order valence-corrected chi connectivity index (χ2v) is 7.48. The van der Waals surface area contributed by atoms with Gasteiger partial charge in [0.25, 0.3) is 0 Å². The Morgan fingerprint density at radius 2 is 1.90 bits per heavy atom. The summed E-state index contributed by atoms with van der Waals surface area (Å²) in [6.07, 6.45) is 5.29. The average Bonchev–Trinajstić information content (AvgIpc) is 2.92. The Kier molecular flexibility index (Phi) is 5.56. The van der Waals surface area contributed by atoms with Crippen molar-refractivity contribution >= 4 is 17.3 Å². The lowest BCUT2D eigenvalue weighted by atomic mass is 10.1. The molecule has 1 saturated carbocycles. The fraction of sp³-hybridized carbons (Fsp3) is 0.667. The van der Waals surface area contributed by atoms with E-state index in [1.54, 1.807) is 0 Å². The van der Waals surface area contributed by atoms with Crippen LogP contribution in [-0.4, -0.2) is 18.1 Å². The van der Waals surface area contributed by atoms with E-state index in [-0.39, 0.29) is 5.54 Å². The summed E-state index contributed by atoms with van der Waals surface area (Å²) in [5.74, 6) is 0. The van der Waals surface area contributed by atoms with Gasteiger partial charge in [-0.25, -0.2) is 0 Å². The molecule has 118 valence electrons. The molecule has 0 unspecified atom stereocenters. The third-order valence-electron chi connectivity index (χ3n) is 4.27. The molecule has 0 bridgehead atoms. The summed E-state index contributed by atoms with van der Waals surface area (Å²) in [4.78, 5) is 2.52. The molecule has 21 heavy (non-hydrogen) atoms. The van der Waals surface area contributed by atoms with Gasteiger partial charge >= 0.3 is 0 Å². The van der Waals surface area contributed by atoms with Gasteiger partial charge in [0, 0.05) is 24.7 Å². The first-order valence-corrected chi connectivity index (χ1v) is 8.59. The highest BCUT2D eigenvalue weighted by Crippen LogP contribution is 2.35. The molecule has 0 aliphatic heterocycles. The van der Waals surface area contributed by atoms with Gasteiger partial charge in [-0.3, -0.25) is 0 Å². The number of para-hydroxylation sites is 1. The maximum atomic E-state index is 6.56. The summed E-state index contributed by atoms with van der Waals surface area (Å²) in [7, 11) is 0. The highest BCUT2D eigenvalue weighted by atomic mass is 35.5. The molecule has 0 amide bonds. The van der Waals surface area contributed by atoms with Crippen LogP contribution in [0.4, 0.5) is 5.69 Å². The number of anilines is 1. The van der Waals surface area contributed by atoms with E-state index >= 15 is 0 Å². The van der Waals surface area contributed by atoms with E-state index in [4.69, 9.17) is 11.6 Å². The zero-order valence-electron chi connectivity index (χ0n) is 13.9. The second-order valence-electron chi connectivity index (χ2n) is 7.08. The van der Waals surface area contributed by atoms with Gasteiger partial charge in [-0.05, 0) is 52.2 Å². The molecule has 0 atom stereocenters. The Bertz CT molecular complexity index is 459. The minimum Gasteiger partial charge on any atom is -0.367 e. The van der Waals surface area contributed by atoms with Crippen molar-refractivity contribution in [3.8, 4) is 0 Å². The molecular formula is C18H29ClN2. The standard InChI is InChI=1S/C18H29ClN2/c1-5-21(15-10-6-7-11-15)17-14(9-8-12-16(17)19)13-20-18(2,3)4/h8-9,12,15,20H,5-7,10-11,13H2,1-4H3. The maximum absolute atomic E-state index is 6.56. The lowest BCUT2D eigenvalue weighted by Crippen LogP contribution is -2.37. The second kappa shape index (κ2) is 7.02. The van der Waals surface area contributed by atoms with E-state index in [1.165, 1.54) is 36.9 Å². The summed E-state index contributed by atoms with van der Waals surface area (Å²) in [5.41, 5.74) is 2.67. The van der Waals surface area contributed by atoms with Crippen LogP contribution in [0.5, 0.6) is 0 Å². The number of nitrogens with zero attached hydrogens (tertiary/aromatic N) is 1. The van der Waals surface area contributed by atoms with Gasteiger partial charge < -0.3 is 10.2 Å². The Morgan fingerprint density at radius 1 is 1.24 bits per heavy atom. The number of hydrogen-bond acceptors (Lipinski definition) is 2. The highest BCUT2D eigenvalue weighted by Gasteiger charge is 2.25. The van der Waals surface area contributed by atoms with Crippen LogP contribution in [0.25, 0.3) is 0 Å². The number of rotatable bonds is 5. The molecule has 3 heteroatoms. The van der Waals surface area contributed by atoms with Crippen LogP contribution >= 0.6 is 11.6 Å². The average molecular weight is 309 g/mol. The van der Waals surface area contributed by atoms with E-state index in [0.29, 0.717) is 6.04 Å². The van der Waals surface area contributed by atoms with Gasteiger partial charge in [0.15, 0.2) is 0 Å². The molecule has 1 aromatic rings. The molecule has 1 fully saturated rings. The summed E-state index contributed by atoms with van der Waals surface area (Å²) in [6.45, 7) is 10.7. The molecule has 1 aliphatic rings. The molecule has 0 aromatic heterocycles. The molecule has 0 heterocycles. The SMILES string of the molecule is CCN(c1c(Cl)cccc1CNC(C)(C)C)C1CCCC1. The first-order valence-electron chi connectivity index (χ1n) is 8.21. The van der Waals surface area contributed by atoms with E-state index in [9.17, 15) is 0 Å². The predicted molar refractivity (Wildman–Crippen MR) is 93.3 cm³/mol. The summed E-state index contributed by atoms with van der Waals surface area (Å²) in [6, 6.07) is 6.95. The van der Waals surface area contributed by atoms with Gasteiger partial charge in [-0.15, -0.1) is 0 Å². The summed E-state index contributed by atoms with van der Waals surface area (Å²) in [5, 5.41) is 4.48. The zero-order valence-corrected chi connectivity index (χ0v) is 14.6. The molecule has 2 rings (SSSR count). The number of hydrogen-bond donors (Lipinski definition) is 1. The largest absolute Gasteiger partial charge is 0.367 e. The fourth-order valence-electron chi connectivity index (χ4n) is 3.20. The van der Waals surface area contributed by atoms with Crippen LogP contribution in [-0.2, 0) is 6.54 Å².